The van der Waals surface area contributed by atoms with E-state index < -0.39 is 0 Å². The van der Waals surface area contributed by atoms with Gasteiger partial charge < -0.3 is 9.64 Å². The van der Waals surface area contributed by atoms with Crippen molar-refractivity contribution < 1.29 is 9.53 Å². The molecule has 0 aliphatic carbocycles. The lowest BCUT2D eigenvalue weighted by atomic mass is 10.1. The Bertz CT molecular complexity index is 641. The molecule has 0 radical (unpaired) electrons. The predicted octanol–water partition coefficient (Wildman–Crippen LogP) is 2.73. The summed E-state index contributed by atoms with van der Waals surface area (Å²) in [7, 11) is 0. The van der Waals surface area contributed by atoms with E-state index in [4.69, 9.17) is 4.74 Å². The Morgan fingerprint density at radius 3 is 3.14 bits per heavy atom. The number of likely N-dealkylation sites (tertiary alicyclic amines) is 1. The third-order valence-electron chi connectivity index (χ3n) is 3.97. The number of carbonyl (C=O) groups is 1. The van der Waals surface area contributed by atoms with E-state index in [-0.39, 0.29) is 5.91 Å². The second kappa shape index (κ2) is 6.22. The minimum Gasteiger partial charge on any atom is -0.381 e. The van der Waals surface area contributed by atoms with E-state index in [1.54, 1.807) is 6.20 Å². The number of rotatable bonds is 4. The number of amides is 1. The van der Waals surface area contributed by atoms with Crippen LogP contribution in [0.5, 0.6) is 0 Å². The molecule has 1 amide bonds. The molecule has 1 aromatic heterocycles. The SMILES string of the molecule is CCOC[C@H]1CCN(C(=O)c2cnc3ccccc3c2)C1. The van der Waals surface area contributed by atoms with Gasteiger partial charge in [0.25, 0.3) is 5.91 Å². The molecule has 0 N–H and O–H groups in total. The molecule has 21 heavy (non-hydrogen) atoms. The molecule has 1 saturated heterocycles. The van der Waals surface area contributed by atoms with Crippen molar-refractivity contribution in [2.45, 2.75) is 13.3 Å². The minimum absolute atomic E-state index is 0.0762. The highest BCUT2D eigenvalue weighted by Gasteiger charge is 2.27. The fraction of sp³-hybridized carbons (Fsp3) is 0.412. The lowest BCUT2D eigenvalue weighted by molar-refractivity contribution is 0.0762. The topological polar surface area (TPSA) is 42.4 Å². The van der Waals surface area contributed by atoms with Crippen LogP contribution in [0.1, 0.15) is 23.7 Å². The molecule has 1 aliphatic rings. The van der Waals surface area contributed by atoms with Gasteiger partial charge in [-0.05, 0) is 25.5 Å². The number of fused-ring (bicyclic) bond motifs is 1. The molecule has 1 fully saturated rings. The minimum atomic E-state index is 0.0762. The number of para-hydroxylation sites is 1. The summed E-state index contributed by atoms with van der Waals surface area (Å²) in [5, 5.41) is 1.01. The fourth-order valence-corrected chi connectivity index (χ4v) is 2.81. The maximum absolute atomic E-state index is 12.6. The van der Waals surface area contributed by atoms with Crippen molar-refractivity contribution in [1.82, 2.24) is 9.88 Å². The van der Waals surface area contributed by atoms with Crippen LogP contribution in [0.4, 0.5) is 0 Å². The second-order valence-corrected chi connectivity index (χ2v) is 5.48. The van der Waals surface area contributed by atoms with Gasteiger partial charge in [-0.1, -0.05) is 18.2 Å². The second-order valence-electron chi connectivity index (χ2n) is 5.48. The average molecular weight is 284 g/mol. The molecule has 2 aromatic rings. The Morgan fingerprint density at radius 1 is 1.43 bits per heavy atom. The number of benzene rings is 1. The van der Waals surface area contributed by atoms with Crippen molar-refractivity contribution in [3.8, 4) is 0 Å². The largest absolute Gasteiger partial charge is 0.381 e. The highest BCUT2D eigenvalue weighted by molar-refractivity contribution is 5.97. The van der Waals surface area contributed by atoms with Crippen LogP contribution in [0.3, 0.4) is 0 Å². The first-order valence-electron chi connectivity index (χ1n) is 7.49. The fourth-order valence-electron chi connectivity index (χ4n) is 2.81. The van der Waals surface area contributed by atoms with Crippen LogP contribution in [0.25, 0.3) is 10.9 Å². The molecule has 3 rings (SSSR count). The zero-order valence-electron chi connectivity index (χ0n) is 12.3. The zero-order valence-corrected chi connectivity index (χ0v) is 12.3. The highest BCUT2D eigenvalue weighted by Crippen LogP contribution is 2.20. The third kappa shape index (κ3) is 3.05. The summed E-state index contributed by atoms with van der Waals surface area (Å²) in [4.78, 5) is 18.8. The number of hydrogen-bond donors (Lipinski definition) is 0. The third-order valence-corrected chi connectivity index (χ3v) is 3.97. The van der Waals surface area contributed by atoms with Crippen molar-refractivity contribution in [2.24, 2.45) is 5.92 Å². The van der Waals surface area contributed by atoms with Gasteiger partial charge in [0.2, 0.25) is 0 Å². The van der Waals surface area contributed by atoms with Crippen LogP contribution in [-0.2, 0) is 4.74 Å². The van der Waals surface area contributed by atoms with Gasteiger partial charge in [-0.15, -0.1) is 0 Å². The van der Waals surface area contributed by atoms with Crippen LogP contribution in [-0.4, -0.2) is 42.1 Å². The summed E-state index contributed by atoms with van der Waals surface area (Å²) in [5.41, 5.74) is 1.59. The van der Waals surface area contributed by atoms with Crippen LogP contribution >= 0.6 is 0 Å². The van der Waals surface area contributed by atoms with Crippen molar-refractivity contribution in [1.29, 1.82) is 0 Å². The summed E-state index contributed by atoms with van der Waals surface area (Å²) in [6.07, 6.45) is 2.70. The first kappa shape index (κ1) is 14.0. The number of pyridine rings is 1. The van der Waals surface area contributed by atoms with Crippen LogP contribution in [0.15, 0.2) is 36.5 Å². The summed E-state index contributed by atoms with van der Waals surface area (Å²) < 4.78 is 5.46. The van der Waals surface area contributed by atoms with Crippen LogP contribution in [0.2, 0.25) is 0 Å². The molecule has 0 unspecified atom stereocenters. The summed E-state index contributed by atoms with van der Waals surface area (Å²) in [6.45, 7) is 5.07. The lowest BCUT2D eigenvalue weighted by Gasteiger charge is -2.16. The first-order valence-corrected chi connectivity index (χ1v) is 7.49. The van der Waals surface area contributed by atoms with Gasteiger partial charge in [0.15, 0.2) is 0 Å². The summed E-state index contributed by atoms with van der Waals surface area (Å²) in [5.74, 6) is 0.537. The average Bonchev–Trinajstić information content (AvgIpc) is 3.00. The van der Waals surface area contributed by atoms with Crippen molar-refractivity contribution in [2.75, 3.05) is 26.3 Å². The molecule has 0 saturated carbocycles. The van der Waals surface area contributed by atoms with Gasteiger partial charge in [-0.25, -0.2) is 0 Å². The summed E-state index contributed by atoms with van der Waals surface area (Å²) >= 11 is 0. The molecular weight excluding hydrogens is 264 g/mol. The monoisotopic (exact) mass is 284 g/mol. The normalized spacial score (nSPS) is 18.3. The molecule has 0 bridgehead atoms. The molecular formula is C17H20N2O2. The number of carbonyl (C=O) groups excluding carboxylic acids is 1. The molecule has 1 atom stereocenters. The van der Waals surface area contributed by atoms with Gasteiger partial charge >= 0.3 is 0 Å². The predicted molar refractivity (Wildman–Crippen MR) is 82.2 cm³/mol. The Morgan fingerprint density at radius 2 is 2.29 bits per heavy atom. The molecule has 4 heteroatoms. The Labute approximate surface area is 124 Å². The smallest absolute Gasteiger partial charge is 0.255 e. The molecule has 110 valence electrons. The maximum atomic E-state index is 12.6. The van der Waals surface area contributed by atoms with E-state index in [1.165, 1.54) is 0 Å². The van der Waals surface area contributed by atoms with Gasteiger partial charge in [0, 0.05) is 37.2 Å². The van der Waals surface area contributed by atoms with E-state index in [0.717, 1.165) is 43.6 Å². The van der Waals surface area contributed by atoms with Gasteiger partial charge in [0.05, 0.1) is 17.7 Å². The standard InChI is InChI=1S/C17H20N2O2/c1-2-21-12-13-7-8-19(11-13)17(20)15-9-14-5-3-4-6-16(14)18-10-15/h3-6,9-10,13H,2,7-8,11-12H2,1H3/t13-/m0/s1. The van der Waals surface area contributed by atoms with Gasteiger partial charge in [-0.2, -0.15) is 0 Å². The number of ether oxygens (including phenoxy) is 1. The zero-order chi connectivity index (χ0) is 14.7. The Balaban J connectivity index is 1.72. The van der Waals surface area contributed by atoms with E-state index >= 15 is 0 Å². The van der Waals surface area contributed by atoms with E-state index in [1.807, 2.05) is 42.2 Å². The quantitative estimate of drug-likeness (QED) is 0.867. The molecule has 0 spiro atoms. The number of nitrogens with zero attached hydrogens (tertiary/aromatic N) is 2. The Hall–Kier alpha value is -1.94. The van der Waals surface area contributed by atoms with E-state index in [9.17, 15) is 4.79 Å². The lowest BCUT2D eigenvalue weighted by Crippen LogP contribution is -2.29. The van der Waals surface area contributed by atoms with Crippen molar-refractivity contribution >= 4 is 16.8 Å². The number of hydrogen-bond acceptors (Lipinski definition) is 3. The molecule has 2 heterocycles. The molecule has 4 nitrogen and oxygen atoms in total. The Kier molecular flexibility index (Phi) is 4.15. The maximum Gasteiger partial charge on any atom is 0.255 e. The van der Waals surface area contributed by atoms with Crippen molar-refractivity contribution in [3.63, 3.8) is 0 Å². The molecule has 1 aliphatic heterocycles. The van der Waals surface area contributed by atoms with E-state index in [2.05, 4.69) is 4.98 Å². The number of aromatic nitrogens is 1. The highest BCUT2D eigenvalue weighted by atomic mass is 16.5. The summed E-state index contributed by atoms with van der Waals surface area (Å²) in [6, 6.07) is 9.79. The van der Waals surface area contributed by atoms with Gasteiger partial charge in [0.1, 0.15) is 0 Å². The van der Waals surface area contributed by atoms with E-state index in [0.29, 0.717) is 11.5 Å². The first-order chi connectivity index (χ1) is 10.3. The van der Waals surface area contributed by atoms with Gasteiger partial charge in [-0.3, -0.25) is 9.78 Å². The van der Waals surface area contributed by atoms with Crippen molar-refractivity contribution in [3.05, 3.63) is 42.1 Å². The molecule has 1 aromatic carbocycles. The van der Waals surface area contributed by atoms with Crippen LogP contribution < -0.4 is 0 Å². The van der Waals surface area contributed by atoms with Crippen LogP contribution in [0, 0.1) is 5.92 Å².